The van der Waals surface area contributed by atoms with E-state index in [1.54, 1.807) is 0 Å². The summed E-state index contributed by atoms with van der Waals surface area (Å²) in [7, 11) is 1.36. The van der Waals surface area contributed by atoms with Gasteiger partial charge in [0.1, 0.15) is 5.75 Å². The number of pyridine rings is 1. The van der Waals surface area contributed by atoms with Crippen molar-refractivity contribution in [3.05, 3.63) is 53.4 Å². The van der Waals surface area contributed by atoms with Crippen molar-refractivity contribution in [2.24, 2.45) is 0 Å². The second-order valence-electron chi connectivity index (χ2n) is 3.94. The van der Waals surface area contributed by atoms with Crippen LogP contribution in [-0.4, -0.2) is 18.0 Å². The molecule has 0 atom stereocenters. The Morgan fingerprint density at radius 2 is 2.14 bits per heavy atom. The van der Waals surface area contributed by atoms with Gasteiger partial charge in [-0.3, -0.25) is 4.79 Å². The lowest BCUT2D eigenvalue weighted by Crippen LogP contribution is -2.15. The lowest BCUT2D eigenvalue weighted by Gasteiger charge is -2.10. The minimum absolute atomic E-state index is 0.234. The number of carbonyl (C=O) groups is 1. The number of rotatable bonds is 3. The molecule has 7 heteroatoms. The van der Waals surface area contributed by atoms with Crippen LogP contribution in [0.3, 0.4) is 0 Å². The lowest BCUT2D eigenvalue weighted by atomic mass is 10.2. The lowest BCUT2D eigenvalue weighted by molar-refractivity contribution is 0.102. The summed E-state index contributed by atoms with van der Waals surface area (Å²) in [5.41, 5.74) is 0.0954. The zero-order chi connectivity index (χ0) is 15.4. The Balaban J connectivity index is 2.32. The summed E-state index contributed by atoms with van der Waals surface area (Å²) in [6.07, 6.45) is 0.989. The van der Waals surface area contributed by atoms with E-state index in [1.165, 1.54) is 25.3 Å². The number of amides is 1. The van der Waals surface area contributed by atoms with Crippen molar-refractivity contribution in [2.45, 2.75) is 0 Å². The van der Waals surface area contributed by atoms with E-state index >= 15 is 0 Å². The molecule has 0 aliphatic rings. The van der Waals surface area contributed by atoms with Crippen molar-refractivity contribution in [3.8, 4) is 11.8 Å². The number of benzene rings is 1. The Kier molecular flexibility index (Phi) is 4.09. The first-order chi connectivity index (χ1) is 10.1. The number of halogens is 2. The monoisotopic (exact) mass is 289 g/mol. The molecule has 1 amide bonds. The van der Waals surface area contributed by atoms with Crippen molar-refractivity contribution in [1.82, 2.24) is 4.98 Å². The average molecular weight is 289 g/mol. The van der Waals surface area contributed by atoms with Crippen LogP contribution < -0.4 is 10.1 Å². The highest BCUT2D eigenvalue weighted by Gasteiger charge is 2.17. The average Bonchev–Trinajstić information content (AvgIpc) is 2.50. The summed E-state index contributed by atoms with van der Waals surface area (Å²) in [5, 5.41) is 11.2. The van der Waals surface area contributed by atoms with Gasteiger partial charge in [0.05, 0.1) is 30.0 Å². The van der Waals surface area contributed by atoms with Crippen LogP contribution in [0.2, 0.25) is 0 Å². The highest BCUT2D eigenvalue weighted by atomic mass is 19.2. The SMILES string of the molecule is COc1cc(C#N)ccc1NC(=O)c1ccnc(F)c1F. The first-order valence-corrected chi connectivity index (χ1v) is 5.76. The van der Waals surface area contributed by atoms with Crippen LogP contribution in [0, 0.1) is 23.1 Å². The molecule has 0 saturated heterocycles. The van der Waals surface area contributed by atoms with Crippen molar-refractivity contribution in [2.75, 3.05) is 12.4 Å². The first kappa shape index (κ1) is 14.4. The number of aromatic nitrogens is 1. The number of hydrogen-bond donors (Lipinski definition) is 1. The summed E-state index contributed by atoms with van der Waals surface area (Å²) in [4.78, 5) is 15.0. The van der Waals surface area contributed by atoms with E-state index in [0.717, 1.165) is 12.3 Å². The summed E-state index contributed by atoms with van der Waals surface area (Å²) < 4.78 is 31.5. The van der Waals surface area contributed by atoms with E-state index in [9.17, 15) is 13.6 Å². The van der Waals surface area contributed by atoms with Crippen LogP contribution >= 0.6 is 0 Å². The predicted octanol–water partition coefficient (Wildman–Crippen LogP) is 2.49. The summed E-state index contributed by atoms with van der Waals surface area (Å²) >= 11 is 0. The van der Waals surface area contributed by atoms with Gasteiger partial charge in [0.15, 0.2) is 5.82 Å². The van der Waals surface area contributed by atoms with Gasteiger partial charge in [0.2, 0.25) is 5.95 Å². The normalized spacial score (nSPS) is 9.81. The summed E-state index contributed by atoms with van der Waals surface area (Å²) in [6, 6.07) is 7.29. The van der Waals surface area contributed by atoms with Crippen LogP contribution in [-0.2, 0) is 0 Å². The molecule has 21 heavy (non-hydrogen) atoms. The molecule has 1 N–H and O–H groups in total. The number of carbonyl (C=O) groups excluding carboxylic acids is 1. The standard InChI is InChI=1S/C14H9F2N3O2/c1-21-11-6-8(7-17)2-3-10(11)19-14(20)9-4-5-18-13(16)12(9)15/h2-6H,1H3,(H,19,20). The fraction of sp³-hybridized carbons (Fsp3) is 0.0714. The molecule has 2 rings (SSSR count). The molecule has 106 valence electrons. The Labute approximate surface area is 118 Å². The molecule has 1 heterocycles. The maximum Gasteiger partial charge on any atom is 0.258 e. The number of hydrogen-bond acceptors (Lipinski definition) is 4. The second-order valence-corrected chi connectivity index (χ2v) is 3.94. The quantitative estimate of drug-likeness (QED) is 0.881. The second kappa shape index (κ2) is 5.96. The minimum Gasteiger partial charge on any atom is -0.495 e. The zero-order valence-electron chi connectivity index (χ0n) is 10.9. The molecule has 0 fully saturated rings. The first-order valence-electron chi connectivity index (χ1n) is 5.76. The van der Waals surface area contributed by atoms with Crippen LogP contribution in [0.4, 0.5) is 14.5 Å². The molecule has 0 spiro atoms. The van der Waals surface area contributed by atoms with Gasteiger partial charge in [-0.05, 0) is 18.2 Å². The molecule has 0 aliphatic heterocycles. The molecule has 0 saturated carbocycles. The molecule has 0 aliphatic carbocycles. The Morgan fingerprint density at radius 3 is 2.81 bits per heavy atom. The summed E-state index contributed by atoms with van der Waals surface area (Å²) in [5.74, 6) is -3.30. The molecular weight excluding hydrogens is 280 g/mol. The molecule has 1 aromatic heterocycles. The van der Waals surface area contributed by atoms with E-state index in [2.05, 4.69) is 10.3 Å². The van der Waals surface area contributed by atoms with Crippen LogP contribution in [0.15, 0.2) is 30.5 Å². The van der Waals surface area contributed by atoms with Crippen molar-refractivity contribution in [3.63, 3.8) is 0 Å². The van der Waals surface area contributed by atoms with Gasteiger partial charge in [-0.15, -0.1) is 0 Å². The minimum atomic E-state index is -1.35. The van der Waals surface area contributed by atoms with Crippen molar-refractivity contribution >= 4 is 11.6 Å². The largest absolute Gasteiger partial charge is 0.495 e. The molecule has 0 bridgehead atoms. The third kappa shape index (κ3) is 2.95. The maximum absolute atomic E-state index is 13.5. The Morgan fingerprint density at radius 1 is 1.38 bits per heavy atom. The highest BCUT2D eigenvalue weighted by molar-refractivity contribution is 6.05. The van der Waals surface area contributed by atoms with E-state index in [1.807, 2.05) is 6.07 Å². The molecule has 5 nitrogen and oxygen atoms in total. The van der Waals surface area contributed by atoms with E-state index in [0.29, 0.717) is 5.56 Å². The van der Waals surface area contributed by atoms with Gasteiger partial charge >= 0.3 is 0 Å². The molecule has 0 radical (unpaired) electrons. The van der Waals surface area contributed by atoms with Gasteiger partial charge in [-0.25, -0.2) is 9.37 Å². The molecule has 0 unspecified atom stereocenters. The van der Waals surface area contributed by atoms with Gasteiger partial charge in [0, 0.05) is 12.3 Å². The number of nitriles is 1. The van der Waals surface area contributed by atoms with E-state index in [4.69, 9.17) is 10.00 Å². The summed E-state index contributed by atoms with van der Waals surface area (Å²) in [6.45, 7) is 0. The van der Waals surface area contributed by atoms with E-state index in [-0.39, 0.29) is 11.4 Å². The number of ether oxygens (including phenoxy) is 1. The third-order valence-corrected chi connectivity index (χ3v) is 2.67. The Bertz CT molecular complexity index is 741. The smallest absolute Gasteiger partial charge is 0.258 e. The number of methoxy groups -OCH3 is 1. The van der Waals surface area contributed by atoms with E-state index < -0.39 is 23.2 Å². The number of nitrogens with one attached hydrogen (secondary N) is 1. The van der Waals surface area contributed by atoms with Crippen LogP contribution in [0.25, 0.3) is 0 Å². The fourth-order valence-electron chi connectivity index (χ4n) is 1.65. The maximum atomic E-state index is 13.5. The highest BCUT2D eigenvalue weighted by Crippen LogP contribution is 2.26. The topological polar surface area (TPSA) is 75.0 Å². The van der Waals surface area contributed by atoms with Gasteiger partial charge in [0.25, 0.3) is 5.91 Å². The third-order valence-electron chi connectivity index (χ3n) is 2.67. The predicted molar refractivity (Wildman–Crippen MR) is 69.8 cm³/mol. The van der Waals surface area contributed by atoms with Crippen LogP contribution in [0.5, 0.6) is 5.75 Å². The molecule has 2 aromatic rings. The Hall–Kier alpha value is -3.01. The van der Waals surface area contributed by atoms with Crippen molar-refractivity contribution < 1.29 is 18.3 Å². The van der Waals surface area contributed by atoms with Gasteiger partial charge in [-0.1, -0.05) is 0 Å². The molecule has 1 aromatic carbocycles. The van der Waals surface area contributed by atoms with Crippen molar-refractivity contribution in [1.29, 1.82) is 5.26 Å². The number of anilines is 1. The van der Waals surface area contributed by atoms with Crippen LogP contribution in [0.1, 0.15) is 15.9 Å². The fourth-order valence-corrected chi connectivity index (χ4v) is 1.65. The zero-order valence-corrected chi connectivity index (χ0v) is 10.9. The number of nitrogens with zero attached hydrogens (tertiary/aromatic N) is 2. The van der Waals surface area contributed by atoms with Gasteiger partial charge in [-0.2, -0.15) is 9.65 Å². The van der Waals surface area contributed by atoms with Gasteiger partial charge < -0.3 is 10.1 Å². The molecular formula is C14H9F2N3O2.